The van der Waals surface area contributed by atoms with Gasteiger partial charge in [-0.05, 0) is 43.4 Å². The van der Waals surface area contributed by atoms with Gasteiger partial charge in [0.15, 0.2) is 0 Å². The fourth-order valence-corrected chi connectivity index (χ4v) is 3.96. The molecular formula is C17H26N2O4S. The van der Waals surface area contributed by atoms with Crippen LogP contribution in [0.5, 0.6) is 0 Å². The number of nitrogens with zero attached hydrogens (tertiary/aromatic N) is 1. The number of carbonyl (C=O) groups is 1. The zero-order chi connectivity index (χ0) is 17.4. The molecule has 134 valence electrons. The molecule has 0 radical (unpaired) electrons. The Balaban J connectivity index is 1.72. The second-order valence-corrected chi connectivity index (χ2v) is 8.06. The molecule has 0 aromatic carbocycles. The van der Waals surface area contributed by atoms with E-state index < -0.39 is 10.0 Å². The zero-order valence-electron chi connectivity index (χ0n) is 14.1. The maximum Gasteiger partial charge on any atom is 0.246 e. The van der Waals surface area contributed by atoms with Crippen LogP contribution in [0, 0.1) is 5.92 Å². The monoisotopic (exact) mass is 354 g/mol. The molecule has 1 N–H and O–H groups in total. The molecule has 1 aliphatic rings. The SMILES string of the molecule is CCCCS(=O)(=O)NCC1CCN(C(=O)/C=C/c2ccco2)CC1. The van der Waals surface area contributed by atoms with Crippen LogP contribution in [0.4, 0.5) is 0 Å². The first-order valence-corrected chi connectivity index (χ1v) is 10.1. The number of carbonyl (C=O) groups excluding carboxylic acids is 1. The number of nitrogens with one attached hydrogen (secondary N) is 1. The number of furan rings is 1. The Labute approximate surface area is 144 Å². The van der Waals surface area contributed by atoms with Crippen molar-refractivity contribution < 1.29 is 17.6 Å². The van der Waals surface area contributed by atoms with E-state index in [1.807, 2.05) is 6.92 Å². The molecule has 0 spiro atoms. The van der Waals surface area contributed by atoms with Crippen LogP contribution in [-0.2, 0) is 14.8 Å². The Kier molecular flexibility index (Phi) is 7.05. The minimum Gasteiger partial charge on any atom is -0.465 e. The normalized spacial score (nSPS) is 16.8. The van der Waals surface area contributed by atoms with Crippen LogP contribution >= 0.6 is 0 Å². The van der Waals surface area contributed by atoms with Gasteiger partial charge < -0.3 is 9.32 Å². The average molecular weight is 354 g/mol. The van der Waals surface area contributed by atoms with Gasteiger partial charge in [-0.2, -0.15) is 0 Å². The van der Waals surface area contributed by atoms with Gasteiger partial charge in [-0.15, -0.1) is 0 Å². The van der Waals surface area contributed by atoms with E-state index in [-0.39, 0.29) is 11.7 Å². The number of rotatable bonds is 8. The van der Waals surface area contributed by atoms with Gasteiger partial charge in [-0.3, -0.25) is 4.79 Å². The van der Waals surface area contributed by atoms with Crippen LogP contribution in [0.3, 0.4) is 0 Å². The molecule has 1 aliphatic heterocycles. The molecule has 1 aromatic rings. The van der Waals surface area contributed by atoms with E-state index in [1.54, 1.807) is 29.4 Å². The van der Waals surface area contributed by atoms with Gasteiger partial charge >= 0.3 is 0 Å². The number of amides is 1. The Bertz CT molecular complexity index is 630. The smallest absolute Gasteiger partial charge is 0.246 e. The molecule has 2 heterocycles. The molecule has 1 saturated heterocycles. The minimum absolute atomic E-state index is 0.0339. The molecule has 0 saturated carbocycles. The first-order chi connectivity index (χ1) is 11.5. The van der Waals surface area contributed by atoms with Crippen molar-refractivity contribution in [1.82, 2.24) is 9.62 Å². The van der Waals surface area contributed by atoms with Crippen LogP contribution in [0.15, 0.2) is 28.9 Å². The quantitative estimate of drug-likeness (QED) is 0.726. The third-order valence-electron chi connectivity index (χ3n) is 4.22. The summed E-state index contributed by atoms with van der Waals surface area (Å²) in [4.78, 5) is 13.9. The van der Waals surface area contributed by atoms with Crippen LogP contribution in [0.1, 0.15) is 38.4 Å². The summed E-state index contributed by atoms with van der Waals surface area (Å²) >= 11 is 0. The molecule has 6 nitrogen and oxygen atoms in total. The number of hydrogen-bond donors (Lipinski definition) is 1. The molecule has 0 unspecified atom stereocenters. The molecule has 1 fully saturated rings. The molecule has 7 heteroatoms. The van der Waals surface area contributed by atoms with Crippen LogP contribution < -0.4 is 4.72 Å². The second kappa shape index (κ2) is 9.03. The summed E-state index contributed by atoms with van der Waals surface area (Å²) < 4.78 is 31.5. The number of piperidine rings is 1. The summed E-state index contributed by atoms with van der Waals surface area (Å²) in [7, 11) is -3.16. The van der Waals surface area contributed by atoms with Crippen LogP contribution in [0.2, 0.25) is 0 Å². The first-order valence-electron chi connectivity index (χ1n) is 8.48. The highest BCUT2D eigenvalue weighted by atomic mass is 32.2. The van der Waals surface area contributed by atoms with E-state index >= 15 is 0 Å². The number of hydrogen-bond acceptors (Lipinski definition) is 4. The average Bonchev–Trinajstić information content (AvgIpc) is 3.10. The summed E-state index contributed by atoms with van der Waals surface area (Å²) in [6.07, 6.45) is 7.94. The van der Waals surface area contributed by atoms with Gasteiger partial charge in [0.2, 0.25) is 15.9 Å². The summed E-state index contributed by atoms with van der Waals surface area (Å²) in [5.41, 5.74) is 0. The highest BCUT2D eigenvalue weighted by molar-refractivity contribution is 7.89. The van der Waals surface area contributed by atoms with Gasteiger partial charge in [-0.25, -0.2) is 13.1 Å². The predicted molar refractivity (Wildman–Crippen MR) is 93.7 cm³/mol. The fraction of sp³-hybridized carbons (Fsp3) is 0.588. The largest absolute Gasteiger partial charge is 0.465 e. The molecule has 1 aromatic heterocycles. The van der Waals surface area contributed by atoms with Gasteiger partial charge in [0.25, 0.3) is 0 Å². The molecule has 0 bridgehead atoms. The third kappa shape index (κ3) is 6.13. The van der Waals surface area contributed by atoms with Gasteiger partial charge in [0.05, 0.1) is 12.0 Å². The van der Waals surface area contributed by atoms with E-state index in [4.69, 9.17) is 4.42 Å². The van der Waals surface area contributed by atoms with Crippen molar-refractivity contribution in [3.8, 4) is 0 Å². The molecule has 0 aliphatic carbocycles. The number of likely N-dealkylation sites (tertiary alicyclic amines) is 1. The molecular weight excluding hydrogens is 328 g/mol. The predicted octanol–water partition coefficient (Wildman–Crippen LogP) is 2.25. The summed E-state index contributed by atoms with van der Waals surface area (Å²) in [6.45, 7) is 3.75. The Morgan fingerprint density at radius 3 is 2.79 bits per heavy atom. The Morgan fingerprint density at radius 1 is 1.42 bits per heavy atom. The second-order valence-electron chi connectivity index (χ2n) is 6.14. The van der Waals surface area contributed by atoms with Crippen molar-refractivity contribution >= 4 is 22.0 Å². The Morgan fingerprint density at radius 2 is 2.17 bits per heavy atom. The van der Waals surface area contributed by atoms with Crippen LogP contribution in [0.25, 0.3) is 6.08 Å². The maximum atomic E-state index is 12.1. The van der Waals surface area contributed by atoms with Gasteiger partial charge in [0, 0.05) is 25.7 Å². The Hall–Kier alpha value is -1.60. The lowest BCUT2D eigenvalue weighted by Gasteiger charge is -2.31. The van der Waals surface area contributed by atoms with Crippen molar-refractivity contribution in [2.24, 2.45) is 5.92 Å². The maximum absolute atomic E-state index is 12.1. The minimum atomic E-state index is -3.16. The highest BCUT2D eigenvalue weighted by Gasteiger charge is 2.22. The van der Waals surface area contributed by atoms with Crippen LogP contribution in [-0.4, -0.2) is 44.6 Å². The zero-order valence-corrected chi connectivity index (χ0v) is 14.9. The standard InChI is InChI=1S/C17H26N2O4S/c1-2-3-13-24(21,22)18-14-15-8-10-19(11-9-15)17(20)7-6-16-5-4-12-23-16/h4-7,12,15,18H,2-3,8-11,13-14H2,1H3/b7-6+. The number of unbranched alkanes of at least 4 members (excludes halogenated alkanes) is 1. The molecule has 24 heavy (non-hydrogen) atoms. The van der Waals surface area contributed by atoms with E-state index in [9.17, 15) is 13.2 Å². The number of sulfonamides is 1. The van der Waals surface area contributed by atoms with E-state index in [0.717, 1.165) is 19.3 Å². The van der Waals surface area contributed by atoms with Crippen molar-refractivity contribution in [2.45, 2.75) is 32.6 Å². The lowest BCUT2D eigenvalue weighted by molar-refractivity contribution is -0.127. The van der Waals surface area contributed by atoms with E-state index in [2.05, 4.69) is 4.72 Å². The summed E-state index contributed by atoms with van der Waals surface area (Å²) in [5.74, 6) is 1.10. The molecule has 0 atom stereocenters. The van der Waals surface area contributed by atoms with Crippen molar-refractivity contribution in [3.05, 3.63) is 30.2 Å². The highest BCUT2D eigenvalue weighted by Crippen LogP contribution is 2.17. The third-order valence-corrected chi connectivity index (χ3v) is 5.65. The molecule has 1 amide bonds. The molecule has 2 rings (SSSR count). The topological polar surface area (TPSA) is 79.6 Å². The van der Waals surface area contributed by atoms with E-state index in [1.165, 1.54) is 6.08 Å². The van der Waals surface area contributed by atoms with Gasteiger partial charge in [0.1, 0.15) is 5.76 Å². The van der Waals surface area contributed by atoms with E-state index in [0.29, 0.717) is 37.7 Å². The van der Waals surface area contributed by atoms with Gasteiger partial charge in [-0.1, -0.05) is 13.3 Å². The first kappa shape index (κ1) is 18.7. The van der Waals surface area contributed by atoms with Crippen molar-refractivity contribution in [1.29, 1.82) is 0 Å². The van der Waals surface area contributed by atoms with Crippen molar-refractivity contribution in [2.75, 3.05) is 25.4 Å². The lowest BCUT2D eigenvalue weighted by Crippen LogP contribution is -2.41. The summed E-state index contributed by atoms with van der Waals surface area (Å²) in [6, 6.07) is 3.57. The van der Waals surface area contributed by atoms with Crippen molar-refractivity contribution in [3.63, 3.8) is 0 Å². The fourth-order valence-electron chi connectivity index (χ4n) is 2.65. The summed E-state index contributed by atoms with van der Waals surface area (Å²) in [5, 5.41) is 0. The lowest BCUT2D eigenvalue weighted by atomic mass is 9.97.